The Morgan fingerprint density at radius 1 is 1.12 bits per heavy atom. The molecule has 7 nitrogen and oxygen atoms in total. The van der Waals surface area contributed by atoms with E-state index in [1.165, 1.54) is 24.4 Å². The third-order valence-corrected chi connectivity index (χ3v) is 8.37. The van der Waals surface area contributed by atoms with E-state index >= 15 is 4.39 Å². The minimum Gasteiger partial charge on any atom is -0.493 e. The maximum Gasteiger partial charge on any atom is 0.307 e. The summed E-state index contributed by atoms with van der Waals surface area (Å²) in [6.45, 7) is 2.39. The van der Waals surface area contributed by atoms with E-state index in [1.54, 1.807) is 6.20 Å². The van der Waals surface area contributed by atoms with Gasteiger partial charge < -0.3 is 24.5 Å². The Bertz CT molecular complexity index is 1900. The summed E-state index contributed by atoms with van der Waals surface area (Å²) in [7, 11) is 0. The van der Waals surface area contributed by atoms with Gasteiger partial charge >= 0.3 is 5.97 Å². The van der Waals surface area contributed by atoms with E-state index in [9.17, 15) is 23.1 Å². The van der Waals surface area contributed by atoms with E-state index in [4.69, 9.17) is 9.47 Å². The summed E-state index contributed by atoms with van der Waals surface area (Å²) in [5.74, 6) is -6.20. The van der Waals surface area contributed by atoms with E-state index in [1.807, 2.05) is 25.1 Å². The highest BCUT2D eigenvalue weighted by molar-refractivity contribution is 5.83. The lowest BCUT2D eigenvalue weighted by atomic mass is 9.74. The smallest absolute Gasteiger partial charge is 0.307 e. The van der Waals surface area contributed by atoms with Gasteiger partial charge in [0.05, 0.1) is 23.6 Å². The number of para-hydroxylation sites is 1. The van der Waals surface area contributed by atoms with Crippen LogP contribution in [0.2, 0.25) is 0 Å². The van der Waals surface area contributed by atoms with Crippen LogP contribution in [0.25, 0.3) is 22.3 Å². The van der Waals surface area contributed by atoms with Crippen LogP contribution in [0.4, 0.5) is 17.6 Å². The van der Waals surface area contributed by atoms with Gasteiger partial charge in [0.2, 0.25) is 11.6 Å². The number of hydrogen-bond acceptors (Lipinski definition) is 4. The molecule has 1 fully saturated rings. The molecule has 42 heavy (non-hydrogen) atoms. The molecule has 1 aliphatic carbocycles. The molecule has 3 heterocycles. The molecular weight excluding hydrogens is 554 g/mol. The highest BCUT2D eigenvalue weighted by Gasteiger charge is 2.47. The number of fused-ring (bicyclic) bond motifs is 2. The zero-order chi connectivity index (χ0) is 29.3. The van der Waals surface area contributed by atoms with Crippen LogP contribution >= 0.6 is 0 Å². The first kappa shape index (κ1) is 26.1. The average molecular weight is 578 g/mol. The Balaban J connectivity index is 1.23. The van der Waals surface area contributed by atoms with Crippen LogP contribution in [0.3, 0.4) is 0 Å². The number of aromatic amines is 2. The minimum atomic E-state index is -1.51. The molecule has 0 unspecified atom stereocenters. The van der Waals surface area contributed by atoms with Gasteiger partial charge in [0.15, 0.2) is 11.6 Å². The standard InChI is InChI=1S/C31H23F4N3O4/c1-31(8-10-41-27-15(3-2-4-20(27)31)17-12-18(17)30(39)40)22-13-37-29(38-22)19-11-14(5-6-21(19)32)42-28-23(33)16-7-9-36-26(16)24(34)25(28)35/h2-7,9,11,13,17-18,36H,8,10,12H2,1H3,(H,37,38)(H,39,40)/t17-,18-,31-/m1/s1. The number of carboxylic acids is 1. The molecule has 11 heteroatoms. The lowest BCUT2D eigenvalue weighted by molar-refractivity contribution is -0.138. The highest BCUT2D eigenvalue weighted by atomic mass is 19.2. The fourth-order valence-electron chi connectivity index (χ4n) is 5.88. The maximum atomic E-state index is 15.0. The van der Waals surface area contributed by atoms with E-state index in [0.29, 0.717) is 30.9 Å². The summed E-state index contributed by atoms with van der Waals surface area (Å²) in [5, 5.41) is 9.24. The second kappa shape index (κ2) is 9.37. The molecule has 0 spiro atoms. The molecule has 7 rings (SSSR count). The van der Waals surface area contributed by atoms with Crippen molar-refractivity contribution in [1.82, 2.24) is 15.0 Å². The zero-order valence-corrected chi connectivity index (χ0v) is 22.1. The number of hydrogen-bond donors (Lipinski definition) is 3. The highest BCUT2D eigenvalue weighted by Crippen LogP contribution is 2.54. The summed E-state index contributed by atoms with van der Waals surface area (Å²) < 4.78 is 70.6. The Morgan fingerprint density at radius 3 is 2.74 bits per heavy atom. The number of halogens is 4. The molecule has 1 aliphatic heterocycles. The van der Waals surface area contributed by atoms with Crippen molar-refractivity contribution in [1.29, 1.82) is 0 Å². The van der Waals surface area contributed by atoms with Crippen LogP contribution in [-0.4, -0.2) is 32.6 Å². The summed E-state index contributed by atoms with van der Waals surface area (Å²) in [6, 6.07) is 10.4. The molecule has 3 atom stereocenters. The predicted molar refractivity (Wildman–Crippen MR) is 144 cm³/mol. The molecule has 3 aromatic carbocycles. The number of rotatable bonds is 6. The number of carbonyl (C=O) groups is 1. The van der Waals surface area contributed by atoms with Crippen molar-refractivity contribution in [3.8, 4) is 28.6 Å². The number of nitrogens with zero attached hydrogens (tertiary/aromatic N) is 1. The Hall–Kier alpha value is -4.80. The van der Waals surface area contributed by atoms with Crippen molar-refractivity contribution in [3.63, 3.8) is 0 Å². The van der Waals surface area contributed by atoms with Gasteiger partial charge in [-0.2, -0.15) is 4.39 Å². The number of ether oxygens (including phenoxy) is 2. The molecule has 1 saturated carbocycles. The van der Waals surface area contributed by atoms with Gasteiger partial charge in [-0.25, -0.2) is 18.2 Å². The Kier molecular flexibility index (Phi) is 5.83. The Morgan fingerprint density at radius 2 is 1.95 bits per heavy atom. The second-order valence-corrected chi connectivity index (χ2v) is 10.9. The van der Waals surface area contributed by atoms with Gasteiger partial charge in [0.25, 0.3) is 0 Å². The topological polar surface area (TPSA) is 100 Å². The van der Waals surface area contributed by atoms with Crippen molar-refractivity contribution >= 4 is 16.9 Å². The first-order valence-electron chi connectivity index (χ1n) is 13.3. The minimum absolute atomic E-state index is 0.0188. The fourth-order valence-corrected chi connectivity index (χ4v) is 5.88. The van der Waals surface area contributed by atoms with Crippen LogP contribution in [0.5, 0.6) is 17.2 Å². The van der Waals surface area contributed by atoms with Crippen molar-refractivity contribution in [2.45, 2.75) is 31.1 Å². The maximum absolute atomic E-state index is 15.0. The SMILES string of the molecule is C[C@@]1(c2cnc(-c3cc(Oc4c(F)c(F)c5[nH]ccc5c4F)ccc3F)[nH]2)CCOc2c([C@H]3C[C@H]3C(=O)O)cccc21. The number of nitrogens with one attached hydrogen (secondary N) is 2. The molecule has 3 N–H and O–H groups in total. The number of imidazole rings is 1. The van der Waals surface area contributed by atoms with E-state index in [0.717, 1.165) is 17.2 Å². The molecule has 5 aromatic rings. The zero-order valence-electron chi connectivity index (χ0n) is 22.1. The summed E-state index contributed by atoms with van der Waals surface area (Å²) in [4.78, 5) is 21.5. The third kappa shape index (κ3) is 3.94. The third-order valence-electron chi connectivity index (χ3n) is 8.37. The first-order chi connectivity index (χ1) is 20.2. The lowest BCUT2D eigenvalue weighted by Crippen LogP contribution is -2.32. The second-order valence-electron chi connectivity index (χ2n) is 10.9. The van der Waals surface area contributed by atoms with Gasteiger partial charge in [0.1, 0.15) is 23.1 Å². The number of benzene rings is 3. The largest absolute Gasteiger partial charge is 0.493 e. The van der Waals surface area contributed by atoms with E-state index in [-0.39, 0.29) is 34.0 Å². The lowest BCUT2D eigenvalue weighted by Gasteiger charge is -2.36. The predicted octanol–water partition coefficient (Wildman–Crippen LogP) is 7.18. The normalized spacial score (nSPS) is 21.2. The molecule has 0 radical (unpaired) electrons. The molecule has 0 saturated heterocycles. The average Bonchev–Trinajstić information content (AvgIpc) is 3.36. The molecule has 214 valence electrons. The fraction of sp³-hybridized carbons (Fsp3) is 0.226. The monoisotopic (exact) mass is 577 g/mol. The van der Waals surface area contributed by atoms with Gasteiger partial charge in [-0.15, -0.1) is 0 Å². The molecule has 2 aromatic heterocycles. The van der Waals surface area contributed by atoms with Crippen LogP contribution in [-0.2, 0) is 10.2 Å². The number of aliphatic carboxylic acids is 1. The van der Waals surface area contributed by atoms with Crippen molar-refractivity contribution < 1.29 is 36.9 Å². The number of H-pyrrole nitrogens is 2. The van der Waals surface area contributed by atoms with Crippen LogP contribution in [0, 0.1) is 29.2 Å². The van der Waals surface area contributed by atoms with E-state index in [2.05, 4.69) is 15.0 Å². The van der Waals surface area contributed by atoms with Gasteiger partial charge in [-0.3, -0.25) is 4.79 Å². The summed E-state index contributed by atoms with van der Waals surface area (Å²) >= 11 is 0. The van der Waals surface area contributed by atoms with Crippen LogP contribution < -0.4 is 9.47 Å². The quantitative estimate of drug-likeness (QED) is 0.147. The van der Waals surface area contributed by atoms with Gasteiger partial charge in [-0.05, 0) is 49.6 Å². The molecule has 0 bridgehead atoms. The van der Waals surface area contributed by atoms with Gasteiger partial charge in [0, 0.05) is 40.4 Å². The number of carboxylic acid groups (broad SMARTS) is 1. The van der Waals surface area contributed by atoms with Crippen molar-refractivity contribution in [3.05, 3.63) is 94.9 Å². The van der Waals surface area contributed by atoms with Crippen molar-refractivity contribution in [2.24, 2.45) is 5.92 Å². The van der Waals surface area contributed by atoms with E-state index < -0.39 is 46.3 Å². The molecular formula is C31H23F4N3O4. The summed E-state index contributed by atoms with van der Waals surface area (Å²) in [5.41, 5.74) is 1.44. The molecule has 2 aliphatic rings. The van der Waals surface area contributed by atoms with Crippen LogP contribution in [0.1, 0.15) is 42.5 Å². The Labute approximate surface area is 236 Å². The molecule has 0 amide bonds. The van der Waals surface area contributed by atoms with Crippen molar-refractivity contribution in [2.75, 3.05) is 6.61 Å². The summed E-state index contributed by atoms with van der Waals surface area (Å²) in [6.07, 6.45) is 4.00. The number of aromatic nitrogens is 3. The van der Waals surface area contributed by atoms with Crippen LogP contribution in [0.15, 0.2) is 54.9 Å². The van der Waals surface area contributed by atoms with Gasteiger partial charge in [-0.1, -0.05) is 18.2 Å². The first-order valence-corrected chi connectivity index (χ1v) is 13.3.